The van der Waals surface area contributed by atoms with Crippen LogP contribution >= 0.6 is 12.2 Å². The summed E-state index contributed by atoms with van der Waals surface area (Å²) in [6.07, 6.45) is 1.17. The number of benzene rings is 1. The Morgan fingerprint density at radius 2 is 2.16 bits per heavy atom. The Morgan fingerprint density at radius 3 is 2.89 bits per heavy atom. The third-order valence-corrected chi connectivity index (χ3v) is 4.65. The molecular formula is C15H21N3S. The fourth-order valence-electron chi connectivity index (χ4n) is 3.35. The molecule has 0 spiro atoms. The average Bonchev–Trinajstić information content (AvgIpc) is 2.68. The van der Waals surface area contributed by atoms with Crippen molar-refractivity contribution >= 4 is 23.3 Å². The Kier molecular flexibility index (Phi) is 3.23. The van der Waals surface area contributed by atoms with Gasteiger partial charge in [-0.25, -0.2) is 0 Å². The molecule has 2 unspecified atom stereocenters. The second-order valence-electron chi connectivity index (χ2n) is 5.86. The zero-order chi connectivity index (χ0) is 13.6. The lowest BCUT2D eigenvalue weighted by Crippen LogP contribution is -2.37. The lowest BCUT2D eigenvalue weighted by Gasteiger charge is -2.35. The number of nitrogens with zero attached hydrogens (tertiary/aromatic N) is 2. The summed E-state index contributed by atoms with van der Waals surface area (Å²) < 4.78 is 3.21. The van der Waals surface area contributed by atoms with E-state index in [4.69, 9.17) is 12.2 Å². The number of para-hydroxylation sites is 1. The molecule has 1 aliphatic rings. The van der Waals surface area contributed by atoms with Crippen molar-refractivity contribution in [3.8, 4) is 0 Å². The SMILES string of the molecule is Cc1cccc2c1[nH]c(=S)n2C1CCN(C)CC1C. The van der Waals surface area contributed by atoms with Crippen LogP contribution in [0.1, 0.15) is 24.9 Å². The van der Waals surface area contributed by atoms with Gasteiger partial charge in [-0.3, -0.25) is 0 Å². The molecule has 19 heavy (non-hydrogen) atoms. The predicted molar refractivity (Wildman–Crippen MR) is 82.2 cm³/mol. The van der Waals surface area contributed by atoms with Crippen LogP contribution in [0, 0.1) is 17.6 Å². The molecule has 1 aromatic heterocycles. The Balaban J connectivity index is 2.12. The van der Waals surface area contributed by atoms with E-state index in [0.29, 0.717) is 12.0 Å². The Labute approximate surface area is 119 Å². The molecule has 4 heteroatoms. The molecule has 0 aliphatic carbocycles. The van der Waals surface area contributed by atoms with Crippen LogP contribution in [0.4, 0.5) is 0 Å². The molecule has 3 rings (SSSR count). The maximum atomic E-state index is 5.57. The highest BCUT2D eigenvalue weighted by Gasteiger charge is 2.27. The van der Waals surface area contributed by atoms with E-state index in [1.165, 1.54) is 23.0 Å². The number of imidazole rings is 1. The molecule has 0 bridgehead atoms. The molecule has 0 saturated carbocycles. The highest BCUT2D eigenvalue weighted by atomic mass is 32.1. The molecule has 1 saturated heterocycles. The van der Waals surface area contributed by atoms with Gasteiger partial charge >= 0.3 is 0 Å². The van der Waals surface area contributed by atoms with E-state index < -0.39 is 0 Å². The monoisotopic (exact) mass is 275 g/mol. The van der Waals surface area contributed by atoms with Gasteiger partial charge in [0.25, 0.3) is 0 Å². The average molecular weight is 275 g/mol. The van der Waals surface area contributed by atoms with Crippen molar-refractivity contribution in [1.29, 1.82) is 0 Å². The lowest BCUT2D eigenvalue weighted by atomic mass is 9.94. The fourth-order valence-corrected chi connectivity index (χ4v) is 3.68. The largest absolute Gasteiger partial charge is 0.330 e. The smallest absolute Gasteiger partial charge is 0.178 e. The van der Waals surface area contributed by atoms with Gasteiger partial charge in [0.05, 0.1) is 11.0 Å². The Hall–Kier alpha value is -1.13. The summed E-state index contributed by atoms with van der Waals surface area (Å²) in [7, 11) is 2.20. The first-order chi connectivity index (χ1) is 9.08. The van der Waals surface area contributed by atoms with Crippen LogP contribution in [0.15, 0.2) is 18.2 Å². The van der Waals surface area contributed by atoms with E-state index in [9.17, 15) is 0 Å². The number of likely N-dealkylation sites (tertiary alicyclic amines) is 1. The topological polar surface area (TPSA) is 24.0 Å². The standard InChI is InChI=1S/C15H21N3S/c1-10-5-4-6-13-14(10)16-15(19)18(13)12-7-8-17(3)9-11(12)2/h4-6,11-12H,7-9H2,1-3H3,(H,16,19). The van der Waals surface area contributed by atoms with Gasteiger partial charge in [-0.1, -0.05) is 19.1 Å². The number of aromatic nitrogens is 2. The summed E-state index contributed by atoms with van der Waals surface area (Å²) in [6.45, 7) is 6.76. The minimum absolute atomic E-state index is 0.513. The predicted octanol–water partition coefficient (Wildman–Crippen LogP) is 3.52. The number of hydrogen-bond acceptors (Lipinski definition) is 2. The fraction of sp³-hybridized carbons (Fsp3) is 0.533. The van der Waals surface area contributed by atoms with Crippen molar-refractivity contribution in [3.63, 3.8) is 0 Å². The van der Waals surface area contributed by atoms with Crippen LogP contribution in [-0.2, 0) is 0 Å². The molecule has 0 radical (unpaired) electrons. The first-order valence-corrected chi connectivity index (χ1v) is 7.37. The highest BCUT2D eigenvalue weighted by molar-refractivity contribution is 7.71. The third kappa shape index (κ3) is 2.13. The maximum absolute atomic E-state index is 5.57. The normalized spacial score (nSPS) is 25.0. The van der Waals surface area contributed by atoms with E-state index in [1.54, 1.807) is 0 Å². The van der Waals surface area contributed by atoms with Crippen molar-refractivity contribution < 1.29 is 0 Å². The summed E-state index contributed by atoms with van der Waals surface area (Å²) in [4.78, 5) is 5.80. The van der Waals surface area contributed by atoms with Gasteiger partial charge < -0.3 is 14.5 Å². The summed E-state index contributed by atoms with van der Waals surface area (Å²) in [5.41, 5.74) is 3.72. The molecule has 1 aliphatic heterocycles. The second kappa shape index (κ2) is 4.76. The molecule has 1 aromatic carbocycles. The number of hydrogen-bond donors (Lipinski definition) is 1. The molecule has 1 fully saturated rings. The summed E-state index contributed by atoms with van der Waals surface area (Å²) in [5, 5.41) is 0. The highest BCUT2D eigenvalue weighted by Crippen LogP contribution is 2.31. The number of fused-ring (bicyclic) bond motifs is 1. The van der Waals surface area contributed by atoms with Crippen LogP contribution in [0.2, 0.25) is 0 Å². The molecule has 2 aromatic rings. The maximum Gasteiger partial charge on any atom is 0.178 e. The number of aryl methyl sites for hydroxylation is 1. The molecule has 0 amide bonds. The number of aromatic amines is 1. The van der Waals surface area contributed by atoms with Crippen molar-refractivity contribution in [3.05, 3.63) is 28.5 Å². The first-order valence-electron chi connectivity index (χ1n) is 6.96. The van der Waals surface area contributed by atoms with E-state index in [-0.39, 0.29) is 0 Å². The van der Waals surface area contributed by atoms with Crippen molar-refractivity contribution in [2.24, 2.45) is 5.92 Å². The lowest BCUT2D eigenvalue weighted by molar-refractivity contribution is 0.160. The van der Waals surface area contributed by atoms with Gasteiger partial charge in [0.2, 0.25) is 0 Å². The minimum Gasteiger partial charge on any atom is -0.330 e. The van der Waals surface area contributed by atoms with Gasteiger partial charge in [-0.05, 0) is 56.7 Å². The number of piperidine rings is 1. The minimum atomic E-state index is 0.513. The zero-order valence-corrected chi connectivity index (χ0v) is 12.6. The Morgan fingerprint density at radius 1 is 1.37 bits per heavy atom. The van der Waals surface area contributed by atoms with E-state index in [1.807, 2.05) is 0 Å². The van der Waals surface area contributed by atoms with E-state index in [0.717, 1.165) is 17.9 Å². The summed E-state index contributed by atoms with van der Waals surface area (Å²) in [5.74, 6) is 0.630. The molecule has 3 nitrogen and oxygen atoms in total. The van der Waals surface area contributed by atoms with Crippen molar-refractivity contribution in [2.45, 2.75) is 26.3 Å². The third-order valence-electron chi connectivity index (χ3n) is 4.36. The molecule has 2 atom stereocenters. The zero-order valence-electron chi connectivity index (χ0n) is 11.8. The van der Waals surface area contributed by atoms with Crippen LogP contribution in [-0.4, -0.2) is 34.6 Å². The van der Waals surface area contributed by atoms with Crippen molar-refractivity contribution in [1.82, 2.24) is 14.5 Å². The molecule has 1 N–H and O–H groups in total. The van der Waals surface area contributed by atoms with Gasteiger partial charge in [-0.15, -0.1) is 0 Å². The van der Waals surface area contributed by atoms with Gasteiger partial charge in [-0.2, -0.15) is 0 Å². The number of rotatable bonds is 1. The molecular weight excluding hydrogens is 254 g/mol. The number of H-pyrrole nitrogens is 1. The molecule has 2 heterocycles. The summed E-state index contributed by atoms with van der Waals surface area (Å²) >= 11 is 5.57. The van der Waals surface area contributed by atoms with Crippen LogP contribution < -0.4 is 0 Å². The van der Waals surface area contributed by atoms with E-state index in [2.05, 4.69) is 53.5 Å². The quantitative estimate of drug-likeness (QED) is 0.805. The van der Waals surface area contributed by atoms with Crippen molar-refractivity contribution in [2.75, 3.05) is 20.1 Å². The van der Waals surface area contributed by atoms with Gasteiger partial charge in [0.15, 0.2) is 4.77 Å². The number of nitrogens with one attached hydrogen (secondary N) is 1. The van der Waals surface area contributed by atoms with Gasteiger partial charge in [0.1, 0.15) is 0 Å². The van der Waals surface area contributed by atoms with Gasteiger partial charge in [0, 0.05) is 12.6 Å². The summed E-state index contributed by atoms with van der Waals surface area (Å²) in [6, 6.07) is 6.95. The second-order valence-corrected chi connectivity index (χ2v) is 6.25. The molecule has 102 valence electrons. The van der Waals surface area contributed by atoms with Crippen LogP contribution in [0.3, 0.4) is 0 Å². The van der Waals surface area contributed by atoms with Crippen LogP contribution in [0.5, 0.6) is 0 Å². The first kappa shape index (κ1) is 12.9. The van der Waals surface area contributed by atoms with E-state index >= 15 is 0 Å². The van der Waals surface area contributed by atoms with Crippen LogP contribution in [0.25, 0.3) is 11.0 Å². The Bertz CT molecular complexity index is 655.